The molecule has 1 atom stereocenters. The number of nitrogens with zero attached hydrogens (tertiary/aromatic N) is 1. The van der Waals surface area contributed by atoms with Crippen LogP contribution in [-0.4, -0.2) is 10.5 Å². The first-order chi connectivity index (χ1) is 12.0. The zero-order valence-electron chi connectivity index (χ0n) is 14.0. The van der Waals surface area contributed by atoms with Crippen molar-refractivity contribution < 1.29 is 4.79 Å². The van der Waals surface area contributed by atoms with E-state index in [2.05, 4.69) is 35.1 Å². The highest BCUT2D eigenvalue weighted by atomic mass is 35.5. The smallest absolute Gasteiger partial charge is 0.255 e. The highest BCUT2D eigenvalue weighted by molar-refractivity contribution is 6.30. The standard InChI is InChI=1S/C20H18ClN3O/c1-12-10-17(13(2)24(12)15-7-5-6-14(21)11-15)19-22-18-9-4-3-8-16(18)20(25)23-19/h3-11,19,22H,1-2H3,(H,23,25). The zero-order valence-corrected chi connectivity index (χ0v) is 14.8. The van der Waals surface area contributed by atoms with Gasteiger partial charge in [0.05, 0.1) is 5.56 Å². The van der Waals surface area contributed by atoms with E-state index >= 15 is 0 Å². The molecular formula is C20H18ClN3O. The summed E-state index contributed by atoms with van der Waals surface area (Å²) in [6.07, 6.45) is -0.262. The van der Waals surface area contributed by atoms with Gasteiger partial charge in [0.2, 0.25) is 0 Å². The third-order valence-corrected chi connectivity index (χ3v) is 4.83. The minimum Gasteiger partial charge on any atom is -0.361 e. The average Bonchev–Trinajstić information content (AvgIpc) is 2.89. The third kappa shape index (κ3) is 2.68. The molecule has 3 aromatic rings. The topological polar surface area (TPSA) is 46.1 Å². The van der Waals surface area contributed by atoms with E-state index in [-0.39, 0.29) is 12.1 Å². The maximum atomic E-state index is 12.4. The van der Waals surface area contributed by atoms with Crippen LogP contribution in [-0.2, 0) is 0 Å². The third-order valence-electron chi connectivity index (χ3n) is 4.59. The van der Waals surface area contributed by atoms with Crippen LogP contribution >= 0.6 is 11.6 Å². The van der Waals surface area contributed by atoms with Gasteiger partial charge in [0, 0.05) is 33.3 Å². The highest BCUT2D eigenvalue weighted by Crippen LogP contribution is 2.31. The molecule has 25 heavy (non-hydrogen) atoms. The van der Waals surface area contributed by atoms with Crippen LogP contribution in [0.2, 0.25) is 5.02 Å². The van der Waals surface area contributed by atoms with Crippen molar-refractivity contribution >= 4 is 23.2 Å². The van der Waals surface area contributed by atoms with E-state index in [0.717, 1.165) is 28.3 Å². The molecular weight excluding hydrogens is 334 g/mol. The van der Waals surface area contributed by atoms with Gasteiger partial charge in [0.1, 0.15) is 6.17 Å². The molecule has 126 valence electrons. The summed E-state index contributed by atoms with van der Waals surface area (Å²) in [5.74, 6) is -0.0630. The first-order valence-electron chi connectivity index (χ1n) is 8.16. The number of hydrogen-bond acceptors (Lipinski definition) is 2. The molecule has 0 fully saturated rings. The van der Waals surface area contributed by atoms with Crippen LogP contribution in [0.3, 0.4) is 0 Å². The molecule has 1 aromatic heterocycles. The Morgan fingerprint density at radius 2 is 1.80 bits per heavy atom. The summed E-state index contributed by atoms with van der Waals surface area (Å²) in [6.45, 7) is 4.10. The molecule has 0 bridgehead atoms. The molecule has 1 aliphatic heterocycles. The number of carbonyl (C=O) groups excluding carboxylic acids is 1. The lowest BCUT2D eigenvalue weighted by Crippen LogP contribution is -2.38. The number of nitrogens with one attached hydrogen (secondary N) is 2. The number of halogens is 1. The monoisotopic (exact) mass is 351 g/mol. The van der Waals surface area contributed by atoms with Gasteiger partial charge in [-0.3, -0.25) is 4.79 Å². The van der Waals surface area contributed by atoms with E-state index in [4.69, 9.17) is 11.6 Å². The summed E-state index contributed by atoms with van der Waals surface area (Å²) in [6, 6.07) is 17.4. The fraction of sp³-hybridized carbons (Fsp3) is 0.150. The van der Waals surface area contributed by atoms with Gasteiger partial charge in [-0.05, 0) is 50.2 Å². The second kappa shape index (κ2) is 5.97. The van der Waals surface area contributed by atoms with Crippen molar-refractivity contribution in [2.45, 2.75) is 20.0 Å². The number of carbonyl (C=O) groups is 1. The number of fused-ring (bicyclic) bond motifs is 1. The van der Waals surface area contributed by atoms with Gasteiger partial charge in [-0.2, -0.15) is 0 Å². The zero-order chi connectivity index (χ0) is 17.6. The van der Waals surface area contributed by atoms with Gasteiger partial charge < -0.3 is 15.2 Å². The molecule has 2 N–H and O–H groups in total. The Labute approximate surface area is 151 Å². The molecule has 0 aliphatic carbocycles. The highest BCUT2D eigenvalue weighted by Gasteiger charge is 2.27. The van der Waals surface area contributed by atoms with Gasteiger partial charge in [-0.15, -0.1) is 0 Å². The van der Waals surface area contributed by atoms with Crippen molar-refractivity contribution in [1.29, 1.82) is 0 Å². The van der Waals surface area contributed by atoms with E-state index in [9.17, 15) is 4.79 Å². The van der Waals surface area contributed by atoms with Crippen LogP contribution in [0.4, 0.5) is 5.69 Å². The molecule has 0 saturated heterocycles. The first-order valence-corrected chi connectivity index (χ1v) is 8.53. The number of anilines is 1. The second-order valence-corrected chi connectivity index (χ2v) is 6.67. The predicted octanol–water partition coefficient (Wildman–Crippen LogP) is 4.60. The molecule has 0 saturated carbocycles. The van der Waals surface area contributed by atoms with E-state index in [0.29, 0.717) is 10.6 Å². The van der Waals surface area contributed by atoms with Gasteiger partial charge in [-0.1, -0.05) is 29.8 Å². The lowest BCUT2D eigenvalue weighted by Gasteiger charge is -2.28. The molecule has 1 aliphatic rings. The fourth-order valence-electron chi connectivity index (χ4n) is 3.46. The van der Waals surface area contributed by atoms with Crippen molar-refractivity contribution in [1.82, 2.24) is 9.88 Å². The SMILES string of the molecule is Cc1cc(C2NC(=O)c3ccccc3N2)c(C)n1-c1cccc(Cl)c1. The Morgan fingerprint density at radius 3 is 2.60 bits per heavy atom. The van der Waals surface area contributed by atoms with Crippen LogP contribution in [0, 0.1) is 13.8 Å². The molecule has 5 heteroatoms. The van der Waals surface area contributed by atoms with E-state index in [1.165, 1.54) is 0 Å². The summed E-state index contributed by atoms with van der Waals surface area (Å²) in [7, 11) is 0. The molecule has 1 unspecified atom stereocenters. The largest absolute Gasteiger partial charge is 0.361 e. The lowest BCUT2D eigenvalue weighted by atomic mass is 10.1. The number of amides is 1. The van der Waals surface area contributed by atoms with Crippen LogP contribution < -0.4 is 10.6 Å². The summed E-state index contributed by atoms with van der Waals surface area (Å²) < 4.78 is 2.15. The molecule has 2 heterocycles. The number of aryl methyl sites for hydroxylation is 1. The number of aromatic nitrogens is 1. The second-order valence-electron chi connectivity index (χ2n) is 6.24. The Morgan fingerprint density at radius 1 is 1.00 bits per heavy atom. The summed E-state index contributed by atoms with van der Waals surface area (Å²) >= 11 is 6.15. The van der Waals surface area contributed by atoms with Crippen LogP contribution in [0.25, 0.3) is 5.69 Å². The number of hydrogen-bond donors (Lipinski definition) is 2. The first kappa shape index (κ1) is 15.8. The van der Waals surface area contributed by atoms with Crippen molar-refractivity contribution in [3.8, 4) is 5.69 Å². The Bertz CT molecular complexity index is 977. The van der Waals surface area contributed by atoms with E-state index < -0.39 is 0 Å². The van der Waals surface area contributed by atoms with Gasteiger partial charge >= 0.3 is 0 Å². The normalized spacial score (nSPS) is 16.1. The minimum absolute atomic E-state index is 0.0630. The van der Waals surface area contributed by atoms with E-state index in [1.54, 1.807) is 0 Å². The summed E-state index contributed by atoms with van der Waals surface area (Å²) in [5, 5.41) is 7.16. The fourth-order valence-corrected chi connectivity index (χ4v) is 3.64. The quantitative estimate of drug-likeness (QED) is 0.708. The molecule has 2 aromatic carbocycles. The average molecular weight is 352 g/mol. The Hall–Kier alpha value is -2.72. The molecule has 4 nitrogen and oxygen atoms in total. The Balaban J connectivity index is 1.76. The van der Waals surface area contributed by atoms with Crippen LogP contribution in [0.1, 0.15) is 33.5 Å². The Kier molecular flexibility index (Phi) is 3.77. The van der Waals surface area contributed by atoms with Gasteiger partial charge in [0.25, 0.3) is 5.91 Å². The number of benzene rings is 2. The maximum Gasteiger partial charge on any atom is 0.255 e. The van der Waals surface area contributed by atoms with Crippen molar-refractivity contribution in [3.63, 3.8) is 0 Å². The van der Waals surface area contributed by atoms with Crippen molar-refractivity contribution in [2.75, 3.05) is 5.32 Å². The maximum absolute atomic E-state index is 12.4. The molecule has 0 spiro atoms. The van der Waals surface area contributed by atoms with E-state index in [1.807, 2.05) is 48.5 Å². The lowest BCUT2D eigenvalue weighted by molar-refractivity contribution is 0.0935. The van der Waals surface area contributed by atoms with Crippen LogP contribution in [0.15, 0.2) is 54.6 Å². The van der Waals surface area contributed by atoms with Crippen molar-refractivity contribution in [2.24, 2.45) is 0 Å². The molecule has 0 radical (unpaired) electrons. The van der Waals surface area contributed by atoms with Gasteiger partial charge in [0.15, 0.2) is 0 Å². The predicted molar refractivity (Wildman–Crippen MR) is 101 cm³/mol. The summed E-state index contributed by atoms with van der Waals surface area (Å²) in [4.78, 5) is 12.4. The van der Waals surface area contributed by atoms with Gasteiger partial charge in [-0.25, -0.2) is 0 Å². The van der Waals surface area contributed by atoms with Crippen LogP contribution in [0.5, 0.6) is 0 Å². The molecule has 1 amide bonds. The van der Waals surface area contributed by atoms with Crippen molar-refractivity contribution in [3.05, 3.63) is 82.1 Å². The molecule has 4 rings (SSSR count). The minimum atomic E-state index is -0.262. The number of para-hydroxylation sites is 1. The number of rotatable bonds is 2. The summed E-state index contributed by atoms with van der Waals surface area (Å²) in [5.41, 5.74) is 5.73.